The minimum atomic E-state index is 0.375. The number of hydrogen-bond acceptors (Lipinski definition) is 3. The Morgan fingerprint density at radius 1 is 1.50 bits per heavy atom. The summed E-state index contributed by atoms with van der Waals surface area (Å²) in [5, 5.41) is 3.14. The topological polar surface area (TPSA) is 12.0 Å². The second-order valence-electron chi connectivity index (χ2n) is 1.36. The van der Waals surface area contributed by atoms with E-state index in [1.165, 1.54) is 0 Å². The molecule has 1 heterocycles. The predicted octanol–water partition coefficient (Wildman–Crippen LogP) is 1.27. The Bertz CT molecular complexity index is 59.8. The summed E-state index contributed by atoms with van der Waals surface area (Å²) < 4.78 is 0.375. The van der Waals surface area contributed by atoms with Gasteiger partial charge in [0.2, 0.25) is 0 Å². The number of nitrogens with one attached hydrogen (secondary N) is 1. The zero-order chi connectivity index (χ0) is 4.62. The Morgan fingerprint density at radius 2 is 2.00 bits per heavy atom. The molecule has 1 N–H and O–H groups in total. The van der Waals surface area contributed by atoms with E-state index >= 15 is 0 Å². The van der Waals surface area contributed by atoms with Gasteiger partial charge in [-0.3, -0.25) is 5.32 Å². The first-order valence-electron chi connectivity index (χ1n) is 1.82. The lowest BCUT2D eigenvalue weighted by Gasteiger charge is -1.95. The first kappa shape index (κ1) is 4.81. The normalized spacial score (nSPS) is 27.0. The fourth-order valence-corrected chi connectivity index (χ4v) is 1.31. The standard InChI is InChI=1S/C3H7NS2/c1-3(4-2)5-6-3/h4H,1-2H3. The van der Waals surface area contributed by atoms with E-state index in [9.17, 15) is 0 Å². The van der Waals surface area contributed by atoms with E-state index in [1.54, 1.807) is 0 Å². The van der Waals surface area contributed by atoms with Gasteiger partial charge < -0.3 is 0 Å². The van der Waals surface area contributed by atoms with Gasteiger partial charge in [-0.2, -0.15) is 0 Å². The second-order valence-corrected chi connectivity index (χ2v) is 4.59. The number of rotatable bonds is 1. The van der Waals surface area contributed by atoms with Crippen LogP contribution in [0.3, 0.4) is 0 Å². The molecule has 0 aromatic rings. The molecule has 0 bridgehead atoms. The van der Waals surface area contributed by atoms with Crippen LogP contribution in [0.15, 0.2) is 0 Å². The van der Waals surface area contributed by atoms with Crippen molar-refractivity contribution in [3.05, 3.63) is 0 Å². The van der Waals surface area contributed by atoms with Crippen molar-refractivity contribution in [2.75, 3.05) is 7.05 Å². The van der Waals surface area contributed by atoms with E-state index in [4.69, 9.17) is 0 Å². The molecule has 0 aromatic heterocycles. The number of hydrogen-bond donors (Lipinski definition) is 1. The predicted molar refractivity (Wildman–Crippen MR) is 32.6 cm³/mol. The lowest BCUT2D eigenvalue weighted by atomic mass is 10.7. The van der Waals surface area contributed by atoms with Crippen LogP contribution in [0.4, 0.5) is 0 Å². The highest BCUT2D eigenvalue weighted by Crippen LogP contribution is 2.61. The third kappa shape index (κ3) is 0.832. The van der Waals surface area contributed by atoms with Crippen molar-refractivity contribution in [1.29, 1.82) is 0 Å². The fraction of sp³-hybridized carbons (Fsp3) is 1.00. The van der Waals surface area contributed by atoms with Gasteiger partial charge in [0.1, 0.15) is 4.20 Å². The maximum atomic E-state index is 3.14. The molecule has 1 saturated heterocycles. The SMILES string of the molecule is CNC1(C)SS1. The molecule has 0 radical (unpaired) electrons. The van der Waals surface area contributed by atoms with E-state index in [1.807, 2.05) is 28.6 Å². The molecule has 3 heteroatoms. The molecule has 0 spiro atoms. The molecule has 0 amide bonds. The van der Waals surface area contributed by atoms with Crippen LogP contribution >= 0.6 is 21.6 Å². The second kappa shape index (κ2) is 1.32. The minimum Gasteiger partial charge on any atom is -0.296 e. The fourth-order valence-electron chi connectivity index (χ4n) is 0.146. The highest BCUT2D eigenvalue weighted by molar-refractivity contribution is 8.93. The summed E-state index contributed by atoms with van der Waals surface area (Å²) in [6.45, 7) is 2.17. The average molecular weight is 121 g/mol. The molecule has 1 aliphatic heterocycles. The van der Waals surface area contributed by atoms with Gasteiger partial charge in [-0.25, -0.2) is 0 Å². The molecular formula is C3H7NS2. The molecule has 1 nitrogen and oxygen atoms in total. The van der Waals surface area contributed by atoms with Crippen LogP contribution in [0.25, 0.3) is 0 Å². The van der Waals surface area contributed by atoms with Crippen LogP contribution in [0.2, 0.25) is 0 Å². The Balaban J connectivity index is 2.28. The van der Waals surface area contributed by atoms with Crippen molar-refractivity contribution < 1.29 is 0 Å². The minimum absolute atomic E-state index is 0.375. The van der Waals surface area contributed by atoms with Crippen LogP contribution in [0.1, 0.15) is 6.92 Å². The zero-order valence-corrected chi connectivity index (χ0v) is 5.45. The molecule has 36 valence electrons. The van der Waals surface area contributed by atoms with E-state index in [-0.39, 0.29) is 0 Å². The first-order chi connectivity index (χ1) is 2.77. The molecule has 1 aliphatic rings. The highest BCUT2D eigenvalue weighted by Gasteiger charge is 2.38. The Kier molecular flexibility index (Phi) is 1.06. The quantitative estimate of drug-likeness (QED) is 0.414. The average Bonchev–Trinajstić information content (AvgIpc) is 2.22. The Hall–Kier alpha value is 0.660. The van der Waals surface area contributed by atoms with Crippen molar-refractivity contribution in [3.63, 3.8) is 0 Å². The molecule has 0 aromatic carbocycles. The largest absolute Gasteiger partial charge is 0.296 e. The maximum Gasteiger partial charge on any atom is 0.129 e. The van der Waals surface area contributed by atoms with Gasteiger partial charge in [-0.15, -0.1) is 0 Å². The van der Waals surface area contributed by atoms with Gasteiger partial charge in [-0.1, -0.05) is 21.6 Å². The van der Waals surface area contributed by atoms with Crippen LogP contribution in [0, 0.1) is 0 Å². The highest BCUT2D eigenvalue weighted by atomic mass is 33.2. The van der Waals surface area contributed by atoms with Gasteiger partial charge >= 0.3 is 0 Å². The van der Waals surface area contributed by atoms with Crippen LogP contribution in [-0.4, -0.2) is 11.3 Å². The molecule has 6 heavy (non-hydrogen) atoms. The molecule has 0 aliphatic carbocycles. The lowest BCUT2D eigenvalue weighted by molar-refractivity contribution is 0.776. The van der Waals surface area contributed by atoms with Crippen molar-refractivity contribution in [2.45, 2.75) is 11.1 Å². The van der Waals surface area contributed by atoms with Gasteiger partial charge in [-0.05, 0) is 14.0 Å². The third-order valence-electron chi connectivity index (χ3n) is 0.787. The molecule has 1 rings (SSSR count). The molecular weight excluding hydrogens is 114 g/mol. The Labute approximate surface area is 45.7 Å². The molecule has 1 fully saturated rings. The van der Waals surface area contributed by atoms with Gasteiger partial charge in [0, 0.05) is 0 Å². The lowest BCUT2D eigenvalue weighted by Crippen LogP contribution is -2.18. The van der Waals surface area contributed by atoms with Crippen molar-refractivity contribution >= 4 is 21.6 Å². The summed E-state index contributed by atoms with van der Waals surface area (Å²) in [5.74, 6) is 0. The van der Waals surface area contributed by atoms with Crippen LogP contribution in [-0.2, 0) is 0 Å². The van der Waals surface area contributed by atoms with Gasteiger partial charge in [0.25, 0.3) is 0 Å². The monoisotopic (exact) mass is 121 g/mol. The smallest absolute Gasteiger partial charge is 0.129 e. The summed E-state index contributed by atoms with van der Waals surface area (Å²) in [7, 11) is 5.73. The van der Waals surface area contributed by atoms with Crippen molar-refractivity contribution in [2.24, 2.45) is 0 Å². The summed E-state index contributed by atoms with van der Waals surface area (Å²) in [4.78, 5) is 0. The van der Waals surface area contributed by atoms with Crippen LogP contribution in [0.5, 0.6) is 0 Å². The molecule has 0 saturated carbocycles. The molecule has 0 unspecified atom stereocenters. The summed E-state index contributed by atoms with van der Waals surface area (Å²) in [5.41, 5.74) is 0. The summed E-state index contributed by atoms with van der Waals surface area (Å²) >= 11 is 0. The first-order valence-corrected chi connectivity index (χ1v) is 3.97. The van der Waals surface area contributed by atoms with E-state index in [2.05, 4.69) is 12.2 Å². The van der Waals surface area contributed by atoms with E-state index in [0.29, 0.717) is 4.20 Å². The van der Waals surface area contributed by atoms with Crippen molar-refractivity contribution in [1.82, 2.24) is 5.32 Å². The van der Waals surface area contributed by atoms with Gasteiger partial charge in [0.05, 0.1) is 0 Å². The van der Waals surface area contributed by atoms with E-state index in [0.717, 1.165) is 0 Å². The summed E-state index contributed by atoms with van der Waals surface area (Å²) in [6.07, 6.45) is 0. The van der Waals surface area contributed by atoms with Crippen molar-refractivity contribution in [3.8, 4) is 0 Å². The Morgan fingerprint density at radius 3 is 2.00 bits per heavy atom. The maximum absolute atomic E-state index is 3.14. The third-order valence-corrected chi connectivity index (χ3v) is 3.86. The van der Waals surface area contributed by atoms with Gasteiger partial charge in [0.15, 0.2) is 0 Å². The summed E-state index contributed by atoms with van der Waals surface area (Å²) in [6, 6.07) is 0. The zero-order valence-electron chi connectivity index (χ0n) is 3.82. The van der Waals surface area contributed by atoms with E-state index < -0.39 is 0 Å². The van der Waals surface area contributed by atoms with Crippen LogP contribution < -0.4 is 5.32 Å². The molecule has 0 atom stereocenters.